The minimum absolute atomic E-state index is 0.0389. The number of aromatic hydroxyl groups is 1. The SMILES string of the molecule is COCCOC(=O)N1C(=O)[C@@]2(c3cc(C#CCCO)ccc31)[C@H](c1ccc(O)cc1)N1[C@H](c3ccccc3)[C@H](c3ccccc3)OC(=O)[C@H]1[C@@H]2C(=O)N1CCN(c2ncccn2)CC1. The third-order valence-electron chi connectivity index (χ3n) is 12.5. The molecule has 0 radical (unpaired) electrons. The summed E-state index contributed by atoms with van der Waals surface area (Å²) < 4.78 is 17.4. The van der Waals surface area contributed by atoms with Crippen LogP contribution in [-0.4, -0.2) is 113 Å². The van der Waals surface area contributed by atoms with Gasteiger partial charge in [0.25, 0.3) is 0 Å². The first-order valence-electron chi connectivity index (χ1n) is 21.2. The Bertz CT molecular complexity index is 2580. The van der Waals surface area contributed by atoms with Gasteiger partial charge in [0.05, 0.1) is 36.9 Å². The number of aliphatic hydroxyl groups excluding tert-OH is 1. The average molecular weight is 863 g/mol. The van der Waals surface area contributed by atoms with Gasteiger partial charge in [0.1, 0.15) is 29.9 Å². The number of hydrogen-bond acceptors (Lipinski definition) is 13. The van der Waals surface area contributed by atoms with Crippen LogP contribution in [0.1, 0.15) is 52.4 Å². The van der Waals surface area contributed by atoms with Crippen LogP contribution in [-0.2, 0) is 34.0 Å². The zero-order valence-corrected chi connectivity index (χ0v) is 35.0. The predicted molar refractivity (Wildman–Crippen MR) is 233 cm³/mol. The number of carbonyl (C=O) groups is 4. The monoisotopic (exact) mass is 862 g/mol. The van der Waals surface area contributed by atoms with Crippen molar-refractivity contribution in [2.45, 2.75) is 36.1 Å². The molecule has 0 saturated carbocycles. The Morgan fingerprint density at radius 1 is 0.828 bits per heavy atom. The number of nitrogens with zero attached hydrogens (tertiary/aromatic N) is 6. The highest BCUT2D eigenvalue weighted by Crippen LogP contribution is 2.66. The number of carbonyl (C=O) groups excluding carboxylic acids is 4. The predicted octanol–water partition coefficient (Wildman–Crippen LogP) is 4.71. The fraction of sp³-hybridized carbons (Fsp3) is 0.306. The lowest BCUT2D eigenvalue weighted by Gasteiger charge is -2.46. The number of aromatic nitrogens is 2. The smallest absolute Gasteiger partial charge is 0.421 e. The Kier molecular flexibility index (Phi) is 11.8. The number of phenolic OH excluding ortho intramolecular Hbond substituents is 1. The number of amides is 3. The first-order chi connectivity index (χ1) is 31.3. The molecular weight excluding hydrogens is 817 g/mol. The average Bonchev–Trinajstić information content (AvgIpc) is 3.79. The summed E-state index contributed by atoms with van der Waals surface area (Å²) in [6.07, 6.45) is 1.59. The highest BCUT2D eigenvalue weighted by molar-refractivity contribution is 6.23. The van der Waals surface area contributed by atoms with E-state index in [4.69, 9.17) is 14.2 Å². The molecule has 0 bridgehead atoms. The first kappa shape index (κ1) is 42.2. The van der Waals surface area contributed by atoms with Crippen molar-refractivity contribution in [1.29, 1.82) is 0 Å². The first-order valence-corrected chi connectivity index (χ1v) is 21.2. The van der Waals surface area contributed by atoms with E-state index in [1.807, 2.05) is 70.5 Å². The maximum atomic E-state index is 16.3. The summed E-state index contributed by atoms with van der Waals surface area (Å²) >= 11 is 0. The van der Waals surface area contributed by atoms with E-state index >= 15 is 14.4 Å². The van der Waals surface area contributed by atoms with Crippen LogP contribution in [0, 0.1) is 17.8 Å². The van der Waals surface area contributed by atoms with Crippen LogP contribution in [0.4, 0.5) is 16.4 Å². The van der Waals surface area contributed by atoms with Crippen molar-refractivity contribution in [3.05, 3.63) is 149 Å². The van der Waals surface area contributed by atoms with Gasteiger partial charge in [-0.1, -0.05) is 84.6 Å². The number of methoxy groups -OCH3 is 1. The van der Waals surface area contributed by atoms with Gasteiger partial charge in [-0.2, -0.15) is 0 Å². The number of cyclic esters (lactones) is 1. The van der Waals surface area contributed by atoms with E-state index in [0.29, 0.717) is 35.7 Å². The number of phenols is 1. The number of rotatable bonds is 9. The van der Waals surface area contributed by atoms with Crippen molar-refractivity contribution in [3.63, 3.8) is 0 Å². The molecule has 0 aliphatic carbocycles. The van der Waals surface area contributed by atoms with Crippen molar-refractivity contribution >= 4 is 35.5 Å². The maximum Gasteiger partial charge on any atom is 0.421 e. The Labute approximate surface area is 369 Å². The molecule has 9 rings (SSSR count). The third-order valence-corrected chi connectivity index (χ3v) is 12.5. The maximum absolute atomic E-state index is 16.3. The molecule has 4 aliphatic rings. The number of esters is 1. The highest BCUT2D eigenvalue weighted by Gasteiger charge is 2.76. The Balaban J connectivity index is 1.31. The summed E-state index contributed by atoms with van der Waals surface area (Å²) in [5.74, 6) is 3.05. The largest absolute Gasteiger partial charge is 0.508 e. The molecule has 3 fully saturated rings. The second kappa shape index (κ2) is 17.9. The topological polar surface area (TPSA) is 175 Å². The molecule has 15 nitrogen and oxygen atoms in total. The van der Waals surface area contributed by atoms with Gasteiger partial charge in [0.2, 0.25) is 17.8 Å². The molecule has 6 atom stereocenters. The van der Waals surface area contributed by atoms with Crippen LogP contribution in [0.3, 0.4) is 0 Å². The van der Waals surface area contributed by atoms with E-state index in [2.05, 4.69) is 21.8 Å². The van der Waals surface area contributed by atoms with Crippen molar-refractivity contribution in [1.82, 2.24) is 19.8 Å². The van der Waals surface area contributed by atoms with E-state index in [1.165, 1.54) is 19.2 Å². The second-order valence-corrected chi connectivity index (χ2v) is 16.0. The van der Waals surface area contributed by atoms with Gasteiger partial charge in [0.15, 0.2) is 0 Å². The van der Waals surface area contributed by atoms with Crippen LogP contribution < -0.4 is 9.80 Å². The summed E-state index contributed by atoms with van der Waals surface area (Å²) in [5, 5.41) is 20.3. The lowest BCUT2D eigenvalue weighted by molar-refractivity contribution is -0.179. The van der Waals surface area contributed by atoms with E-state index in [-0.39, 0.29) is 56.3 Å². The van der Waals surface area contributed by atoms with Gasteiger partial charge in [-0.15, -0.1) is 0 Å². The molecule has 5 aromatic rings. The molecule has 1 spiro atoms. The lowest BCUT2D eigenvalue weighted by Crippen LogP contribution is -2.59. The minimum Gasteiger partial charge on any atom is -0.508 e. The van der Waals surface area contributed by atoms with Crippen molar-refractivity contribution < 1.29 is 43.6 Å². The molecule has 326 valence electrons. The summed E-state index contributed by atoms with van der Waals surface area (Å²) in [6, 6.07) is 28.6. The Morgan fingerprint density at radius 2 is 1.52 bits per heavy atom. The van der Waals surface area contributed by atoms with Crippen LogP contribution in [0.15, 0.2) is 122 Å². The number of benzene rings is 4. The fourth-order valence-corrected chi connectivity index (χ4v) is 9.88. The second-order valence-electron chi connectivity index (χ2n) is 16.0. The Hall–Kier alpha value is -7.12. The number of imide groups is 1. The zero-order chi connectivity index (χ0) is 44.4. The van der Waals surface area contributed by atoms with Crippen LogP contribution in [0.2, 0.25) is 0 Å². The number of anilines is 2. The van der Waals surface area contributed by atoms with Gasteiger partial charge in [-0.3, -0.25) is 19.3 Å². The number of fused-ring (bicyclic) bond motifs is 3. The summed E-state index contributed by atoms with van der Waals surface area (Å²) in [7, 11) is 1.46. The summed E-state index contributed by atoms with van der Waals surface area (Å²) in [5.41, 5.74) is 0.834. The van der Waals surface area contributed by atoms with Gasteiger partial charge >= 0.3 is 12.1 Å². The van der Waals surface area contributed by atoms with E-state index in [1.54, 1.807) is 53.7 Å². The number of aliphatic hydroxyl groups is 1. The van der Waals surface area contributed by atoms with Crippen molar-refractivity contribution in [2.75, 3.05) is 62.9 Å². The van der Waals surface area contributed by atoms with Crippen LogP contribution in [0.5, 0.6) is 5.75 Å². The minimum atomic E-state index is -2.01. The number of morpholine rings is 1. The standard InChI is InChI=1S/C49H46N6O9/c1-62-29-30-63-48(61)54-38-21-16-32(11-8-9-28-56)31-37(38)49(46(54)60)39(44(58)52-24-26-53(27-25-52)47-50-22-10-23-51-47)41-45(59)64-42(34-14-6-3-7-15-34)40(33-12-4-2-5-13-33)55(41)43(49)35-17-19-36(57)20-18-35/h2-7,10,12-23,31,39-43,56-57H,9,24-30H2,1H3/t39-,40-,41-,42+,43+,49-/m1/s1. The van der Waals surface area contributed by atoms with E-state index in [0.717, 1.165) is 10.5 Å². The fourth-order valence-electron chi connectivity index (χ4n) is 9.88. The van der Waals surface area contributed by atoms with Gasteiger partial charge < -0.3 is 34.2 Å². The zero-order valence-electron chi connectivity index (χ0n) is 35.0. The van der Waals surface area contributed by atoms with Crippen molar-refractivity contribution in [2.24, 2.45) is 5.92 Å². The number of piperazine rings is 1. The van der Waals surface area contributed by atoms with E-state index in [9.17, 15) is 15.0 Å². The molecule has 0 unspecified atom stereocenters. The lowest BCUT2D eigenvalue weighted by atomic mass is 9.65. The molecule has 1 aromatic heterocycles. The van der Waals surface area contributed by atoms with Gasteiger partial charge in [-0.05, 0) is 58.7 Å². The van der Waals surface area contributed by atoms with Gasteiger partial charge in [0, 0.05) is 57.7 Å². The summed E-state index contributed by atoms with van der Waals surface area (Å²) in [4.78, 5) is 77.3. The van der Waals surface area contributed by atoms with E-state index < -0.39 is 59.4 Å². The summed E-state index contributed by atoms with van der Waals surface area (Å²) in [6.45, 7) is 0.871. The molecule has 3 saturated heterocycles. The molecule has 3 amide bonds. The van der Waals surface area contributed by atoms with Crippen LogP contribution >= 0.6 is 0 Å². The number of hydrogen-bond donors (Lipinski definition) is 2. The Morgan fingerprint density at radius 3 is 2.19 bits per heavy atom. The molecule has 4 aromatic carbocycles. The molecule has 64 heavy (non-hydrogen) atoms. The molecule has 15 heteroatoms. The molecular formula is C49H46N6O9. The molecule has 4 aliphatic heterocycles. The quantitative estimate of drug-likeness (QED) is 0.119. The normalized spacial score (nSPS) is 23.8. The van der Waals surface area contributed by atoms with Crippen molar-refractivity contribution in [3.8, 4) is 17.6 Å². The third kappa shape index (κ3) is 7.29. The molecule has 2 N–H and O–H groups in total. The highest BCUT2D eigenvalue weighted by atomic mass is 16.6. The van der Waals surface area contributed by atoms with Crippen LogP contribution in [0.25, 0.3) is 0 Å². The number of ether oxygens (including phenoxy) is 3. The van der Waals surface area contributed by atoms with Gasteiger partial charge in [-0.25, -0.2) is 19.7 Å². The molecule has 5 heterocycles.